The normalized spacial score (nSPS) is 17.8. The molecule has 0 bridgehead atoms. The molecule has 1 atom stereocenters. The number of benzene rings is 1. The third-order valence-electron chi connectivity index (χ3n) is 2.47. The highest BCUT2D eigenvalue weighted by atomic mass is 16.2. The second kappa shape index (κ2) is 12.2. The molecule has 0 aromatic heterocycles. The fourth-order valence-corrected chi connectivity index (χ4v) is 1.74. The molecular formula is C14H25NO. The largest absolute Gasteiger partial charge is 0.400 e. The van der Waals surface area contributed by atoms with Gasteiger partial charge in [0.05, 0.1) is 0 Å². The molecule has 16 heavy (non-hydrogen) atoms. The van der Waals surface area contributed by atoms with E-state index in [1.54, 1.807) is 0 Å². The van der Waals surface area contributed by atoms with Crippen LogP contribution in [0.4, 0.5) is 0 Å². The van der Waals surface area contributed by atoms with Gasteiger partial charge in [0, 0.05) is 13.2 Å². The molecular weight excluding hydrogens is 198 g/mol. The second-order valence-corrected chi connectivity index (χ2v) is 3.74. The minimum Gasteiger partial charge on any atom is -0.400 e. The second-order valence-electron chi connectivity index (χ2n) is 3.74. The van der Waals surface area contributed by atoms with Gasteiger partial charge in [-0.05, 0) is 25.8 Å². The minimum atomic E-state index is 0.861. The van der Waals surface area contributed by atoms with Crippen molar-refractivity contribution in [3.8, 4) is 0 Å². The number of nitrogens with one attached hydrogen (secondary N) is 1. The summed E-state index contributed by atoms with van der Waals surface area (Å²) in [6.45, 7) is 3.50. The predicted molar refractivity (Wildman–Crippen MR) is 70.5 cm³/mol. The van der Waals surface area contributed by atoms with Gasteiger partial charge in [-0.15, -0.1) is 0 Å². The summed E-state index contributed by atoms with van der Waals surface area (Å²) < 4.78 is 0. The maximum absolute atomic E-state index is 7.00. The summed E-state index contributed by atoms with van der Waals surface area (Å²) in [5, 5.41) is 10.5. The van der Waals surface area contributed by atoms with Crippen LogP contribution in [0.25, 0.3) is 0 Å². The lowest BCUT2D eigenvalue weighted by atomic mass is 10.1. The molecule has 0 radical (unpaired) electrons. The number of aliphatic hydroxyl groups excluding tert-OH is 1. The lowest BCUT2D eigenvalue weighted by Gasteiger charge is -2.05. The molecule has 2 N–H and O–H groups in total. The molecule has 0 spiro atoms. The Morgan fingerprint density at radius 2 is 1.56 bits per heavy atom. The van der Waals surface area contributed by atoms with Crippen molar-refractivity contribution in [3.05, 3.63) is 36.4 Å². The molecule has 0 aliphatic carbocycles. The van der Waals surface area contributed by atoms with Crippen LogP contribution in [-0.4, -0.2) is 24.8 Å². The van der Waals surface area contributed by atoms with Crippen molar-refractivity contribution in [2.75, 3.05) is 13.7 Å². The van der Waals surface area contributed by atoms with Crippen LogP contribution >= 0.6 is 0 Å². The molecule has 1 aliphatic rings. The molecule has 2 rings (SSSR count). The SMILES string of the molecule is CCCC1CCCN1.CO.c1ccccc1. The molecule has 92 valence electrons. The van der Waals surface area contributed by atoms with Crippen molar-refractivity contribution in [1.29, 1.82) is 0 Å². The van der Waals surface area contributed by atoms with Crippen LogP contribution in [0, 0.1) is 0 Å². The van der Waals surface area contributed by atoms with Crippen LogP contribution in [0.5, 0.6) is 0 Å². The summed E-state index contributed by atoms with van der Waals surface area (Å²) in [6, 6.07) is 12.9. The predicted octanol–water partition coefficient (Wildman–Crippen LogP) is 2.83. The molecule has 1 unspecified atom stereocenters. The topological polar surface area (TPSA) is 32.3 Å². The van der Waals surface area contributed by atoms with E-state index in [9.17, 15) is 0 Å². The number of hydrogen-bond acceptors (Lipinski definition) is 2. The van der Waals surface area contributed by atoms with E-state index < -0.39 is 0 Å². The molecule has 0 saturated carbocycles. The zero-order valence-electron chi connectivity index (χ0n) is 10.5. The first kappa shape index (κ1) is 15.1. The van der Waals surface area contributed by atoms with Gasteiger partial charge < -0.3 is 10.4 Å². The first-order valence-electron chi connectivity index (χ1n) is 6.11. The van der Waals surface area contributed by atoms with Crippen LogP contribution < -0.4 is 5.32 Å². The first-order chi connectivity index (χ1) is 7.93. The van der Waals surface area contributed by atoms with Crippen LogP contribution in [0.2, 0.25) is 0 Å². The van der Waals surface area contributed by atoms with Crippen molar-refractivity contribution in [3.63, 3.8) is 0 Å². The zero-order valence-corrected chi connectivity index (χ0v) is 10.5. The summed E-state index contributed by atoms with van der Waals surface area (Å²) >= 11 is 0. The van der Waals surface area contributed by atoms with Gasteiger partial charge in [-0.3, -0.25) is 0 Å². The lowest BCUT2D eigenvalue weighted by molar-refractivity contribution is 0.399. The lowest BCUT2D eigenvalue weighted by Crippen LogP contribution is -2.20. The maximum atomic E-state index is 7.00. The summed E-state index contributed by atoms with van der Waals surface area (Å²) in [5.41, 5.74) is 0. The smallest absolute Gasteiger partial charge is 0.0319 e. The van der Waals surface area contributed by atoms with Crippen molar-refractivity contribution in [1.82, 2.24) is 5.32 Å². The van der Waals surface area contributed by atoms with E-state index in [0.717, 1.165) is 13.2 Å². The highest BCUT2D eigenvalue weighted by Gasteiger charge is 2.11. The van der Waals surface area contributed by atoms with Crippen molar-refractivity contribution < 1.29 is 5.11 Å². The van der Waals surface area contributed by atoms with Gasteiger partial charge in [0.2, 0.25) is 0 Å². The highest BCUT2D eigenvalue weighted by molar-refractivity contribution is 4.99. The summed E-state index contributed by atoms with van der Waals surface area (Å²) in [6.07, 6.45) is 5.51. The van der Waals surface area contributed by atoms with E-state index in [1.165, 1.54) is 32.2 Å². The Hall–Kier alpha value is -0.860. The Bertz CT molecular complexity index is 181. The standard InChI is InChI=1S/C7H15N.C6H6.CH4O/c1-2-4-7-5-3-6-8-7;1-2-4-6-5-3-1;1-2/h7-8H,2-6H2,1H3;1-6H;2H,1H3. The number of rotatable bonds is 2. The Morgan fingerprint density at radius 1 is 1.06 bits per heavy atom. The van der Waals surface area contributed by atoms with Crippen LogP contribution in [0.15, 0.2) is 36.4 Å². The maximum Gasteiger partial charge on any atom is 0.0319 e. The van der Waals surface area contributed by atoms with E-state index in [0.29, 0.717) is 0 Å². The van der Waals surface area contributed by atoms with E-state index in [-0.39, 0.29) is 0 Å². The molecule has 2 nitrogen and oxygen atoms in total. The van der Waals surface area contributed by atoms with E-state index in [1.807, 2.05) is 36.4 Å². The van der Waals surface area contributed by atoms with Crippen LogP contribution in [-0.2, 0) is 0 Å². The first-order valence-corrected chi connectivity index (χ1v) is 6.11. The van der Waals surface area contributed by atoms with Gasteiger partial charge in [-0.25, -0.2) is 0 Å². The molecule has 1 fully saturated rings. The average molecular weight is 223 g/mol. The van der Waals surface area contributed by atoms with Gasteiger partial charge >= 0.3 is 0 Å². The van der Waals surface area contributed by atoms with Gasteiger partial charge in [0.1, 0.15) is 0 Å². The fourth-order valence-electron chi connectivity index (χ4n) is 1.74. The van der Waals surface area contributed by atoms with E-state index >= 15 is 0 Å². The molecule has 1 heterocycles. The van der Waals surface area contributed by atoms with E-state index in [2.05, 4.69) is 12.2 Å². The summed E-state index contributed by atoms with van der Waals surface area (Å²) in [7, 11) is 1.00. The molecule has 1 aromatic rings. The number of aliphatic hydroxyl groups is 1. The Morgan fingerprint density at radius 3 is 1.88 bits per heavy atom. The van der Waals surface area contributed by atoms with Gasteiger partial charge in [0.25, 0.3) is 0 Å². The van der Waals surface area contributed by atoms with Crippen LogP contribution in [0.1, 0.15) is 32.6 Å². The highest BCUT2D eigenvalue weighted by Crippen LogP contribution is 2.09. The summed E-state index contributed by atoms with van der Waals surface area (Å²) in [4.78, 5) is 0. The monoisotopic (exact) mass is 223 g/mol. The quantitative estimate of drug-likeness (QED) is 0.808. The van der Waals surface area contributed by atoms with Gasteiger partial charge in [-0.2, -0.15) is 0 Å². The minimum absolute atomic E-state index is 0.861. The van der Waals surface area contributed by atoms with E-state index in [4.69, 9.17) is 5.11 Å². The van der Waals surface area contributed by atoms with Crippen molar-refractivity contribution >= 4 is 0 Å². The Balaban J connectivity index is 0.000000251. The van der Waals surface area contributed by atoms with Gasteiger partial charge in [-0.1, -0.05) is 49.7 Å². The third-order valence-corrected chi connectivity index (χ3v) is 2.47. The molecule has 2 heteroatoms. The molecule has 0 amide bonds. The van der Waals surface area contributed by atoms with Gasteiger partial charge in [0.15, 0.2) is 0 Å². The average Bonchev–Trinajstić information content (AvgIpc) is 2.88. The fraction of sp³-hybridized carbons (Fsp3) is 0.571. The molecule has 1 aromatic carbocycles. The zero-order chi connectivity index (χ0) is 12.1. The molecule has 1 saturated heterocycles. The van der Waals surface area contributed by atoms with Crippen LogP contribution in [0.3, 0.4) is 0 Å². The number of hydrogen-bond donors (Lipinski definition) is 2. The Labute approximate surface area is 99.7 Å². The van der Waals surface area contributed by atoms with Crippen molar-refractivity contribution in [2.24, 2.45) is 0 Å². The Kier molecular flexibility index (Phi) is 11.6. The van der Waals surface area contributed by atoms with Crippen molar-refractivity contribution in [2.45, 2.75) is 38.6 Å². The summed E-state index contributed by atoms with van der Waals surface area (Å²) in [5.74, 6) is 0. The molecule has 1 aliphatic heterocycles. The third kappa shape index (κ3) is 8.45.